The van der Waals surface area contributed by atoms with E-state index in [9.17, 15) is 9.59 Å². The van der Waals surface area contributed by atoms with Crippen molar-refractivity contribution in [3.8, 4) is 0 Å². The van der Waals surface area contributed by atoms with E-state index in [1.807, 2.05) is 0 Å². The summed E-state index contributed by atoms with van der Waals surface area (Å²) in [6.45, 7) is 2.15. The van der Waals surface area contributed by atoms with Gasteiger partial charge in [0.05, 0.1) is 18.4 Å². The van der Waals surface area contributed by atoms with Crippen LogP contribution in [0.3, 0.4) is 0 Å². The summed E-state index contributed by atoms with van der Waals surface area (Å²) >= 11 is 1.63. The first-order chi connectivity index (χ1) is 10.2. The highest BCUT2D eigenvalue weighted by Crippen LogP contribution is 2.33. The predicted molar refractivity (Wildman–Crippen MR) is 81.8 cm³/mol. The summed E-state index contributed by atoms with van der Waals surface area (Å²) in [6.07, 6.45) is 5.01. The normalized spacial score (nSPS) is 14.1. The lowest BCUT2D eigenvalue weighted by Gasteiger charge is -2.09. The zero-order valence-electron chi connectivity index (χ0n) is 12.0. The summed E-state index contributed by atoms with van der Waals surface area (Å²) < 4.78 is 4.89. The zero-order chi connectivity index (χ0) is 14.8. The molecule has 0 unspecified atom stereocenters. The molecule has 6 heteroatoms. The van der Waals surface area contributed by atoms with Gasteiger partial charge in [0.25, 0.3) is 5.56 Å². The number of H-pyrrole nitrogens is 1. The second-order valence-corrected chi connectivity index (χ2v) is 6.29. The number of carbonyl (C=O) groups excluding carboxylic acids is 1. The van der Waals surface area contributed by atoms with Gasteiger partial charge in [0.2, 0.25) is 0 Å². The molecule has 1 aliphatic rings. The summed E-state index contributed by atoms with van der Waals surface area (Å²) in [5, 5.41) is 0.759. The fourth-order valence-corrected chi connectivity index (χ4v) is 4.06. The van der Waals surface area contributed by atoms with E-state index in [4.69, 9.17) is 4.74 Å². The van der Waals surface area contributed by atoms with Crippen molar-refractivity contribution in [1.29, 1.82) is 0 Å². The molecule has 21 heavy (non-hydrogen) atoms. The van der Waals surface area contributed by atoms with Crippen LogP contribution in [0.5, 0.6) is 0 Å². The molecule has 0 spiro atoms. The van der Waals surface area contributed by atoms with Crippen LogP contribution in [0.1, 0.15) is 42.5 Å². The Morgan fingerprint density at radius 3 is 3.00 bits per heavy atom. The Labute approximate surface area is 126 Å². The van der Waals surface area contributed by atoms with Crippen LogP contribution in [-0.2, 0) is 28.8 Å². The molecule has 0 amide bonds. The maximum absolute atomic E-state index is 12.3. The van der Waals surface area contributed by atoms with Crippen molar-refractivity contribution in [3.05, 3.63) is 26.6 Å². The lowest BCUT2D eigenvalue weighted by molar-refractivity contribution is -0.143. The highest BCUT2D eigenvalue weighted by atomic mass is 32.1. The van der Waals surface area contributed by atoms with Gasteiger partial charge in [-0.25, -0.2) is 4.98 Å². The molecule has 0 aromatic carbocycles. The maximum Gasteiger partial charge on any atom is 0.306 e. The largest absolute Gasteiger partial charge is 0.466 e. The number of fused-ring (bicyclic) bond motifs is 3. The number of nitrogens with one attached hydrogen (secondary N) is 1. The van der Waals surface area contributed by atoms with Crippen LogP contribution in [0, 0.1) is 0 Å². The Kier molecular flexibility index (Phi) is 4.05. The number of esters is 1. The Morgan fingerprint density at radius 1 is 1.38 bits per heavy atom. The average Bonchev–Trinajstić information content (AvgIpc) is 2.84. The highest BCUT2D eigenvalue weighted by molar-refractivity contribution is 7.18. The molecular formula is C15H18N2O3S. The van der Waals surface area contributed by atoms with Crippen molar-refractivity contribution in [2.24, 2.45) is 0 Å². The Bertz CT molecular complexity index is 732. The van der Waals surface area contributed by atoms with E-state index >= 15 is 0 Å². The lowest BCUT2D eigenvalue weighted by atomic mass is 9.97. The van der Waals surface area contributed by atoms with Crippen molar-refractivity contribution in [1.82, 2.24) is 9.97 Å². The summed E-state index contributed by atoms with van der Waals surface area (Å²) in [4.78, 5) is 33.1. The van der Waals surface area contributed by atoms with Crippen molar-refractivity contribution >= 4 is 27.5 Å². The van der Waals surface area contributed by atoms with Gasteiger partial charge in [0, 0.05) is 11.3 Å². The van der Waals surface area contributed by atoms with E-state index in [-0.39, 0.29) is 17.9 Å². The average molecular weight is 306 g/mol. The van der Waals surface area contributed by atoms with Crippen LogP contribution in [-0.4, -0.2) is 22.5 Å². The minimum atomic E-state index is -0.259. The number of nitrogens with zero attached hydrogens (tertiary/aromatic N) is 1. The molecule has 2 aromatic rings. The molecule has 0 saturated carbocycles. The zero-order valence-corrected chi connectivity index (χ0v) is 12.8. The number of thiophene rings is 1. The molecular weight excluding hydrogens is 288 g/mol. The smallest absolute Gasteiger partial charge is 0.306 e. The second kappa shape index (κ2) is 5.97. The van der Waals surface area contributed by atoms with Gasteiger partial charge in [-0.3, -0.25) is 9.59 Å². The first-order valence-electron chi connectivity index (χ1n) is 7.38. The molecule has 1 N–H and O–H groups in total. The first kappa shape index (κ1) is 14.3. The summed E-state index contributed by atoms with van der Waals surface area (Å²) in [6, 6.07) is 0. The number of rotatable bonds is 4. The lowest BCUT2D eigenvalue weighted by Crippen LogP contribution is -2.14. The molecule has 112 valence electrons. The van der Waals surface area contributed by atoms with E-state index in [2.05, 4.69) is 9.97 Å². The summed E-state index contributed by atoms with van der Waals surface area (Å²) in [5.74, 6) is 0.310. The van der Waals surface area contributed by atoms with Gasteiger partial charge in [-0.1, -0.05) is 0 Å². The SMILES string of the molecule is CCOC(=O)CCc1nc2sc3c(c2c(=O)[nH]1)CCCC3. The molecule has 0 bridgehead atoms. The number of hydrogen-bond acceptors (Lipinski definition) is 5. The number of aryl methyl sites for hydroxylation is 3. The van der Waals surface area contributed by atoms with E-state index in [1.54, 1.807) is 18.3 Å². The van der Waals surface area contributed by atoms with Crippen LogP contribution < -0.4 is 5.56 Å². The third-order valence-corrected chi connectivity index (χ3v) is 4.93. The van der Waals surface area contributed by atoms with Crippen LogP contribution in [0.15, 0.2) is 4.79 Å². The van der Waals surface area contributed by atoms with E-state index < -0.39 is 0 Å². The van der Waals surface area contributed by atoms with E-state index in [0.717, 1.165) is 29.5 Å². The number of ether oxygens (including phenoxy) is 1. The quantitative estimate of drug-likeness (QED) is 0.880. The van der Waals surface area contributed by atoms with Crippen LogP contribution >= 0.6 is 11.3 Å². The van der Waals surface area contributed by atoms with E-state index in [1.165, 1.54) is 16.9 Å². The van der Waals surface area contributed by atoms with Gasteiger partial charge >= 0.3 is 5.97 Å². The predicted octanol–water partition coefficient (Wildman–Crippen LogP) is 2.36. The third-order valence-electron chi connectivity index (χ3n) is 3.75. The minimum absolute atomic E-state index is 0.0711. The Balaban J connectivity index is 1.89. The van der Waals surface area contributed by atoms with Crippen LogP contribution in [0.25, 0.3) is 10.2 Å². The minimum Gasteiger partial charge on any atom is -0.466 e. The van der Waals surface area contributed by atoms with Gasteiger partial charge in [0.1, 0.15) is 10.7 Å². The van der Waals surface area contributed by atoms with Crippen molar-refractivity contribution in [2.45, 2.75) is 45.4 Å². The molecule has 5 nitrogen and oxygen atoms in total. The molecule has 1 aliphatic carbocycles. The summed E-state index contributed by atoms with van der Waals surface area (Å²) in [5.41, 5.74) is 1.12. The van der Waals surface area contributed by atoms with Crippen molar-refractivity contribution in [3.63, 3.8) is 0 Å². The van der Waals surface area contributed by atoms with Gasteiger partial charge in [0.15, 0.2) is 0 Å². The summed E-state index contributed by atoms with van der Waals surface area (Å²) in [7, 11) is 0. The molecule has 0 saturated heterocycles. The molecule has 3 rings (SSSR count). The topological polar surface area (TPSA) is 72.0 Å². The van der Waals surface area contributed by atoms with Gasteiger partial charge in [-0.2, -0.15) is 0 Å². The fourth-order valence-electron chi connectivity index (χ4n) is 2.78. The molecule has 0 radical (unpaired) electrons. The van der Waals surface area contributed by atoms with E-state index in [0.29, 0.717) is 18.9 Å². The Morgan fingerprint density at radius 2 is 2.19 bits per heavy atom. The molecule has 2 aromatic heterocycles. The maximum atomic E-state index is 12.3. The standard InChI is InChI=1S/C15H18N2O3S/c1-2-20-12(18)8-7-11-16-14(19)13-9-5-3-4-6-10(9)21-15(13)17-11/h2-8H2,1H3,(H,16,17,19). The monoisotopic (exact) mass is 306 g/mol. The fraction of sp³-hybridized carbons (Fsp3) is 0.533. The number of aromatic nitrogens is 2. The van der Waals surface area contributed by atoms with Crippen LogP contribution in [0.4, 0.5) is 0 Å². The van der Waals surface area contributed by atoms with Gasteiger partial charge in [-0.05, 0) is 38.2 Å². The number of carbonyl (C=O) groups is 1. The number of hydrogen-bond donors (Lipinski definition) is 1. The number of aromatic amines is 1. The second-order valence-electron chi connectivity index (χ2n) is 5.21. The molecule has 0 aliphatic heterocycles. The molecule has 0 fully saturated rings. The Hall–Kier alpha value is -1.69. The van der Waals surface area contributed by atoms with Gasteiger partial charge < -0.3 is 9.72 Å². The highest BCUT2D eigenvalue weighted by Gasteiger charge is 2.19. The van der Waals surface area contributed by atoms with Crippen molar-refractivity contribution < 1.29 is 9.53 Å². The first-order valence-corrected chi connectivity index (χ1v) is 8.19. The van der Waals surface area contributed by atoms with Crippen LogP contribution in [0.2, 0.25) is 0 Å². The van der Waals surface area contributed by atoms with Crippen molar-refractivity contribution in [2.75, 3.05) is 6.61 Å². The third kappa shape index (κ3) is 2.85. The molecule has 2 heterocycles. The van der Waals surface area contributed by atoms with Gasteiger partial charge in [-0.15, -0.1) is 11.3 Å². The molecule has 0 atom stereocenters.